The Bertz CT molecular complexity index is 527. The molecule has 0 aliphatic carbocycles. The molecule has 0 radical (unpaired) electrons. The Balaban J connectivity index is 2.21. The third-order valence-electron chi connectivity index (χ3n) is 1.64. The maximum atomic E-state index is 10.7. The van der Waals surface area contributed by atoms with Crippen LogP contribution >= 0.6 is 23.3 Å². The molecule has 2 heterocycles. The Labute approximate surface area is 99.7 Å². The molecular weight excluding hydrogens is 246 g/mol. The van der Waals surface area contributed by atoms with Crippen LogP contribution in [0, 0.1) is 6.92 Å². The van der Waals surface area contributed by atoms with Crippen molar-refractivity contribution in [2.75, 3.05) is 0 Å². The fourth-order valence-corrected chi connectivity index (χ4v) is 2.59. The smallest absolute Gasteiger partial charge is 0.354 e. The average molecular weight is 253 g/mol. The molecule has 16 heavy (non-hydrogen) atoms. The number of pyridine rings is 1. The number of aryl methyl sites for hydroxylation is 1. The molecule has 2 aromatic heterocycles. The second kappa shape index (κ2) is 4.58. The van der Waals surface area contributed by atoms with E-state index >= 15 is 0 Å². The summed E-state index contributed by atoms with van der Waals surface area (Å²) in [5.41, 5.74) is 0.0336. The molecular formula is C9H7N3O2S2. The van der Waals surface area contributed by atoms with E-state index in [9.17, 15) is 4.79 Å². The molecule has 0 unspecified atom stereocenters. The van der Waals surface area contributed by atoms with Crippen LogP contribution in [0.2, 0.25) is 0 Å². The zero-order valence-corrected chi connectivity index (χ0v) is 9.88. The summed E-state index contributed by atoms with van der Waals surface area (Å²) in [5.74, 6) is -0.321. The first kappa shape index (κ1) is 11.0. The van der Waals surface area contributed by atoms with Gasteiger partial charge in [-0.3, -0.25) is 0 Å². The number of aromatic carboxylic acids is 1. The Morgan fingerprint density at radius 3 is 2.88 bits per heavy atom. The van der Waals surface area contributed by atoms with Crippen molar-refractivity contribution in [2.24, 2.45) is 0 Å². The molecule has 0 aromatic carbocycles. The number of carbonyl (C=O) groups is 1. The van der Waals surface area contributed by atoms with Gasteiger partial charge in [-0.15, -0.1) is 0 Å². The first-order valence-corrected chi connectivity index (χ1v) is 5.92. The SMILES string of the molecule is Cc1nsc(Sc2cccc(C(=O)O)n2)n1. The maximum Gasteiger partial charge on any atom is 0.354 e. The van der Waals surface area contributed by atoms with Gasteiger partial charge in [-0.05, 0) is 42.4 Å². The fraction of sp³-hybridized carbons (Fsp3) is 0.111. The minimum absolute atomic E-state index is 0.0336. The minimum Gasteiger partial charge on any atom is -0.477 e. The molecule has 2 aromatic rings. The zero-order valence-electron chi connectivity index (χ0n) is 8.25. The van der Waals surface area contributed by atoms with E-state index in [1.807, 2.05) is 6.92 Å². The van der Waals surface area contributed by atoms with E-state index in [0.29, 0.717) is 10.9 Å². The van der Waals surface area contributed by atoms with Crippen molar-refractivity contribution in [3.05, 3.63) is 29.7 Å². The molecule has 0 bridgehead atoms. The van der Waals surface area contributed by atoms with Gasteiger partial charge in [0.25, 0.3) is 0 Å². The largest absolute Gasteiger partial charge is 0.477 e. The highest BCUT2D eigenvalue weighted by atomic mass is 32.2. The lowest BCUT2D eigenvalue weighted by molar-refractivity contribution is 0.0689. The molecule has 0 saturated heterocycles. The summed E-state index contributed by atoms with van der Waals surface area (Å²) in [5, 5.41) is 9.39. The summed E-state index contributed by atoms with van der Waals surface area (Å²) in [7, 11) is 0. The Hall–Kier alpha value is -1.47. The van der Waals surface area contributed by atoms with Crippen molar-refractivity contribution in [1.29, 1.82) is 0 Å². The normalized spacial score (nSPS) is 10.3. The van der Waals surface area contributed by atoms with E-state index in [1.54, 1.807) is 12.1 Å². The van der Waals surface area contributed by atoms with E-state index in [0.717, 1.165) is 4.34 Å². The monoisotopic (exact) mass is 253 g/mol. The predicted octanol–water partition coefficient (Wildman–Crippen LogP) is 2.09. The van der Waals surface area contributed by atoms with Crippen LogP contribution in [-0.2, 0) is 0 Å². The van der Waals surface area contributed by atoms with E-state index in [-0.39, 0.29) is 5.69 Å². The number of aromatic nitrogens is 3. The first-order valence-electron chi connectivity index (χ1n) is 4.33. The van der Waals surface area contributed by atoms with Crippen LogP contribution in [0.5, 0.6) is 0 Å². The lowest BCUT2D eigenvalue weighted by Gasteiger charge is -1.97. The standard InChI is InChI=1S/C9H7N3O2S2/c1-5-10-9(16-12-5)15-7-4-2-3-6(11-7)8(13)14/h2-4H,1H3,(H,13,14). The van der Waals surface area contributed by atoms with Gasteiger partial charge in [-0.1, -0.05) is 6.07 Å². The minimum atomic E-state index is -1.03. The van der Waals surface area contributed by atoms with Crippen molar-refractivity contribution >= 4 is 29.3 Å². The molecule has 7 heteroatoms. The van der Waals surface area contributed by atoms with Crippen LogP contribution in [0.4, 0.5) is 0 Å². The van der Waals surface area contributed by atoms with Gasteiger partial charge in [0.05, 0.1) is 0 Å². The lowest BCUT2D eigenvalue weighted by Crippen LogP contribution is -1.99. The Kier molecular flexibility index (Phi) is 3.16. The van der Waals surface area contributed by atoms with Gasteiger partial charge in [0.1, 0.15) is 16.5 Å². The van der Waals surface area contributed by atoms with E-state index in [4.69, 9.17) is 5.11 Å². The van der Waals surface area contributed by atoms with Crippen molar-refractivity contribution < 1.29 is 9.90 Å². The number of nitrogens with zero attached hydrogens (tertiary/aromatic N) is 3. The van der Waals surface area contributed by atoms with Crippen LogP contribution in [0.1, 0.15) is 16.3 Å². The molecule has 5 nitrogen and oxygen atoms in total. The first-order chi connectivity index (χ1) is 7.65. The second-order valence-corrected chi connectivity index (χ2v) is 4.90. The highest BCUT2D eigenvalue weighted by Gasteiger charge is 2.08. The lowest BCUT2D eigenvalue weighted by atomic mass is 10.4. The topological polar surface area (TPSA) is 76.0 Å². The molecule has 0 aliphatic rings. The summed E-state index contributed by atoms with van der Waals surface area (Å²) < 4.78 is 4.79. The molecule has 82 valence electrons. The molecule has 2 rings (SSSR count). The van der Waals surface area contributed by atoms with Gasteiger partial charge in [0, 0.05) is 0 Å². The van der Waals surface area contributed by atoms with Crippen molar-refractivity contribution in [1.82, 2.24) is 14.3 Å². The molecule has 0 aliphatic heterocycles. The van der Waals surface area contributed by atoms with Gasteiger partial charge >= 0.3 is 5.97 Å². The summed E-state index contributed by atoms with van der Waals surface area (Å²) >= 11 is 2.58. The van der Waals surface area contributed by atoms with Crippen LogP contribution in [-0.4, -0.2) is 25.4 Å². The van der Waals surface area contributed by atoms with Crippen molar-refractivity contribution in [3.63, 3.8) is 0 Å². The van der Waals surface area contributed by atoms with E-state index in [1.165, 1.54) is 29.4 Å². The summed E-state index contributed by atoms with van der Waals surface area (Å²) in [6.45, 7) is 1.81. The molecule has 0 fully saturated rings. The van der Waals surface area contributed by atoms with Crippen LogP contribution in [0.15, 0.2) is 27.6 Å². The van der Waals surface area contributed by atoms with Crippen LogP contribution in [0.3, 0.4) is 0 Å². The van der Waals surface area contributed by atoms with Gasteiger partial charge in [0.2, 0.25) is 0 Å². The van der Waals surface area contributed by atoms with Crippen LogP contribution < -0.4 is 0 Å². The summed E-state index contributed by atoms with van der Waals surface area (Å²) in [4.78, 5) is 18.9. The molecule has 0 atom stereocenters. The summed E-state index contributed by atoms with van der Waals surface area (Å²) in [6, 6.07) is 4.86. The number of hydrogen-bond acceptors (Lipinski definition) is 6. The van der Waals surface area contributed by atoms with Crippen LogP contribution in [0.25, 0.3) is 0 Å². The number of carboxylic acids is 1. The zero-order chi connectivity index (χ0) is 11.5. The van der Waals surface area contributed by atoms with E-state index < -0.39 is 5.97 Å². The fourth-order valence-electron chi connectivity index (χ4n) is 1.000. The molecule has 1 N–H and O–H groups in total. The van der Waals surface area contributed by atoms with E-state index in [2.05, 4.69) is 14.3 Å². The highest BCUT2D eigenvalue weighted by Crippen LogP contribution is 2.27. The maximum absolute atomic E-state index is 10.7. The third-order valence-corrected chi connectivity index (χ3v) is 3.42. The Morgan fingerprint density at radius 1 is 1.44 bits per heavy atom. The van der Waals surface area contributed by atoms with Gasteiger partial charge in [-0.25, -0.2) is 14.8 Å². The van der Waals surface area contributed by atoms with Crippen molar-refractivity contribution in [2.45, 2.75) is 16.3 Å². The Morgan fingerprint density at radius 2 is 2.25 bits per heavy atom. The number of hydrogen-bond donors (Lipinski definition) is 1. The number of carboxylic acid groups (broad SMARTS) is 1. The quantitative estimate of drug-likeness (QED) is 0.902. The third kappa shape index (κ3) is 2.56. The predicted molar refractivity (Wildman–Crippen MR) is 60.0 cm³/mol. The molecule has 0 saturated carbocycles. The van der Waals surface area contributed by atoms with Crippen molar-refractivity contribution in [3.8, 4) is 0 Å². The highest BCUT2D eigenvalue weighted by molar-refractivity contribution is 8.00. The summed E-state index contributed by atoms with van der Waals surface area (Å²) in [6.07, 6.45) is 0. The van der Waals surface area contributed by atoms with Gasteiger partial charge in [-0.2, -0.15) is 4.37 Å². The van der Waals surface area contributed by atoms with Gasteiger partial charge in [0.15, 0.2) is 4.34 Å². The average Bonchev–Trinajstić information content (AvgIpc) is 2.64. The van der Waals surface area contributed by atoms with Gasteiger partial charge < -0.3 is 5.11 Å². The molecule has 0 spiro atoms. The number of rotatable bonds is 3. The molecule has 0 amide bonds. The second-order valence-electron chi connectivity index (χ2n) is 2.88.